The highest BCUT2D eigenvalue weighted by atomic mass is 14.8. The van der Waals surface area contributed by atoms with E-state index >= 15 is 0 Å². The topological polar surface area (TPSA) is 25.8 Å². The lowest BCUT2D eigenvalue weighted by molar-refractivity contribution is 1.19. The van der Waals surface area contributed by atoms with Crippen molar-refractivity contribution < 1.29 is 0 Å². The Labute approximate surface area is 158 Å². The third-order valence-electron chi connectivity index (χ3n) is 4.98. The van der Waals surface area contributed by atoms with Crippen LogP contribution in [0.15, 0.2) is 91.0 Å². The Kier molecular flexibility index (Phi) is 3.68. The van der Waals surface area contributed by atoms with Crippen molar-refractivity contribution in [2.75, 3.05) is 0 Å². The summed E-state index contributed by atoms with van der Waals surface area (Å²) in [6, 6.07) is 31.5. The molecule has 2 nitrogen and oxygen atoms in total. The van der Waals surface area contributed by atoms with E-state index in [-0.39, 0.29) is 0 Å². The van der Waals surface area contributed by atoms with Crippen molar-refractivity contribution in [3.63, 3.8) is 0 Å². The van der Waals surface area contributed by atoms with Crippen molar-refractivity contribution in [2.45, 2.75) is 6.92 Å². The van der Waals surface area contributed by atoms with Crippen molar-refractivity contribution in [2.24, 2.45) is 0 Å². The Morgan fingerprint density at radius 2 is 1.33 bits per heavy atom. The summed E-state index contributed by atoms with van der Waals surface area (Å²) >= 11 is 0. The van der Waals surface area contributed by atoms with E-state index in [4.69, 9.17) is 9.97 Å². The molecular formula is C25H18N2. The summed E-state index contributed by atoms with van der Waals surface area (Å²) in [5.41, 5.74) is 7.27. The van der Waals surface area contributed by atoms with Gasteiger partial charge in [-0.25, -0.2) is 9.97 Å². The Bertz CT molecular complexity index is 1270. The van der Waals surface area contributed by atoms with E-state index in [2.05, 4.69) is 84.9 Å². The van der Waals surface area contributed by atoms with Crippen LogP contribution in [0.5, 0.6) is 0 Å². The van der Waals surface area contributed by atoms with Gasteiger partial charge in [0.15, 0.2) is 0 Å². The van der Waals surface area contributed by atoms with Crippen LogP contribution >= 0.6 is 0 Å². The monoisotopic (exact) mass is 346 g/mol. The lowest BCUT2D eigenvalue weighted by atomic mass is 10.0. The van der Waals surface area contributed by atoms with Gasteiger partial charge >= 0.3 is 0 Å². The van der Waals surface area contributed by atoms with Crippen LogP contribution in [0, 0.1) is 6.92 Å². The third kappa shape index (κ3) is 2.76. The lowest BCUT2D eigenvalue weighted by Gasteiger charge is -2.10. The molecule has 0 atom stereocenters. The van der Waals surface area contributed by atoms with Crippen LogP contribution < -0.4 is 0 Å². The van der Waals surface area contributed by atoms with Gasteiger partial charge in [0.25, 0.3) is 0 Å². The van der Waals surface area contributed by atoms with Crippen molar-refractivity contribution in [3.05, 3.63) is 96.7 Å². The quantitative estimate of drug-likeness (QED) is 0.344. The molecule has 128 valence electrons. The first-order valence-electron chi connectivity index (χ1n) is 9.11. The summed E-state index contributed by atoms with van der Waals surface area (Å²) in [7, 11) is 0. The summed E-state index contributed by atoms with van der Waals surface area (Å²) in [6.45, 7) is 2.04. The first-order chi connectivity index (χ1) is 13.3. The van der Waals surface area contributed by atoms with Crippen molar-refractivity contribution >= 4 is 21.8 Å². The number of hydrogen-bond donors (Lipinski definition) is 0. The number of nitrogens with zero attached hydrogens (tertiary/aromatic N) is 2. The first-order valence-corrected chi connectivity index (χ1v) is 9.11. The lowest BCUT2D eigenvalue weighted by Crippen LogP contribution is -1.95. The number of aromatic nitrogens is 2. The average Bonchev–Trinajstić information content (AvgIpc) is 2.74. The zero-order valence-electron chi connectivity index (χ0n) is 15.1. The van der Waals surface area contributed by atoms with E-state index < -0.39 is 0 Å². The molecule has 0 amide bonds. The van der Waals surface area contributed by atoms with Gasteiger partial charge in [0.1, 0.15) is 0 Å². The van der Waals surface area contributed by atoms with Gasteiger partial charge in [-0.2, -0.15) is 0 Å². The van der Waals surface area contributed by atoms with Crippen molar-refractivity contribution in [3.8, 4) is 22.4 Å². The second-order valence-corrected chi connectivity index (χ2v) is 6.76. The normalized spacial score (nSPS) is 11.1. The molecule has 1 aromatic heterocycles. The predicted molar refractivity (Wildman–Crippen MR) is 113 cm³/mol. The molecular weight excluding hydrogens is 328 g/mol. The molecule has 0 unspecified atom stereocenters. The van der Waals surface area contributed by atoms with Crippen LogP contribution in [0.1, 0.15) is 5.69 Å². The minimum atomic E-state index is 0.930. The van der Waals surface area contributed by atoms with Crippen LogP contribution in [0.3, 0.4) is 0 Å². The highest BCUT2D eigenvalue weighted by Crippen LogP contribution is 2.30. The molecule has 0 aliphatic rings. The van der Waals surface area contributed by atoms with Crippen LogP contribution in [0.25, 0.3) is 44.2 Å². The zero-order chi connectivity index (χ0) is 18.2. The highest BCUT2D eigenvalue weighted by molar-refractivity contribution is 6.04. The zero-order valence-corrected chi connectivity index (χ0v) is 15.1. The minimum Gasteiger partial charge on any atom is -0.249 e. The molecule has 0 spiro atoms. The molecule has 0 aliphatic heterocycles. The summed E-state index contributed by atoms with van der Waals surface area (Å²) in [6.07, 6.45) is 0. The van der Waals surface area contributed by atoms with E-state index in [1.54, 1.807) is 0 Å². The molecule has 0 saturated carbocycles. The molecule has 0 aliphatic carbocycles. The fourth-order valence-corrected chi connectivity index (χ4v) is 3.62. The fourth-order valence-electron chi connectivity index (χ4n) is 3.62. The van der Waals surface area contributed by atoms with Crippen LogP contribution in [-0.2, 0) is 0 Å². The molecule has 5 aromatic rings. The Hall–Kier alpha value is -3.52. The van der Waals surface area contributed by atoms with E-state index in [1.165, 1.54) is 16.5 Å². The second-order valence-electron chi connectivity index (χ2n) is 6.76. The van der Waals surface area contributed by atoms with Gasteiger partial charge in [0.2, 0.25) is 0 Å². The van der Waals surface area contributed by atoms with Gasteiger partial charge in [0.05, 0.1) is 22.4 Å². The summed E-state index contributed by atoms with van der Waals surface area (Å²) in [4.78, 5) is 9.89. The molecule has 0 radical (unpaired) electrons. The first kappa shape index (κ1) is 15.7. The molecule has 4 aromatic carbocycles. The molecule has 5 rings (SSSR count). The van der Waals surface area contributed by atoms with E-state index in [0.29, 0.717) is 0 Å². The Morgan fingerprint density at radius 3 is 2.22 bits per heavy atom. The Morgan fingerprint density at radius 1 is 0.593 bits per heavy atom. The maximum absolute atomic E-state index is 4.97. The molecule has 0 N–H and O–H groups in total. The van der Waals surface area contributed by atoms with Gasteiger partial charge in [-0.3, -0.25) is 0 Å². The van der Waals surface area contributed by atoms with Crippen LogP contribution in [-0.4, -0.2) is 9.97 Å². The molecule has 0 fully saturated rings. The molecule has 27 heavy (non-hydrogen) atoms. The summed E-state index contributed by atoms with van der Waals surface area (Å²) in [5.74, 6) is 0. The molecule has 0 bridgehead atoms. The maximum atomic E-state index is 4.97. The maximum Gasteiger partial charge on any atom is 0.0968 e. The molecule has 2 heteroatoms. The SMILES string of the molecule is Cc1nc2c(ccc3ccccc32)nc1-c1cccc(-c2ccccc2)c1. The Balaban J connectivity index is 1.69. The van der Waals surface area contributed by atoms with Gasteiger partial charge in [-0.15, -0.1) is 0 Å². The van der Waals surface area contributed by atoms with Gasteiger partial charge < -0.3 is 0 Å². The van der Waals surface area contributed by atoms with Crippen molar-refractivity contribution in [1.82, 2.24) is 9.97 Å². The van der Waals surface area contributed by atoms with Gasteiger partial charge in [-0.05, 0) is 35.6 Å². The number of fused-ring (bicyclic) bond motifs is 3. The van der Waals surface area contributed by atoms with Crippen molar-refractivity contribution in [1.29, 1.82) is 0 Å². The smallest absolute Gasteiger partial charge is 0.0968 e. The largest absolute Gasteiger partial charge is 0.249 e. The minimum absolute atomic E-state index is 0.930. The van der Waals surface area contributed by atoms with Gasteiger partial charge in [-0.1, -0.05) is 78.9 Å². The molecule has 1 heterocycles. The number of benzene rings is 4. The van der Waals surface area contributed by atoms with Gasteiger partial charge in [0, 0.05) is 10.9 Å². The number of rotatable bonds is 2. The standard InChI is InChI=1S/C25H18N2/c1-17-24(21-12-7-11-20(16-21)18-8-3-2-4-9-18)27-23-15-14-19-10-5-6-13-22(19)25(23)26-17/h2-16H,1H3. The average molecular weight is 346 g/mol. The summed E-state index contributed by atoms with van der Waals surface area (Å²) < 4.78 is 0. The highest BCUT2D eigenvalue weighted by Gasteiger charge is 2.11. The molecule has 0 saturated heterocycles. The van der Waals surface area contributed by atoms with Crippen LogP contribution in [0.4, 0.5) is 0 Å². The van der Waals surface area contributed by atoms with E-state index in [9.17, 15) is 0 Å². The number of hydrogen-bond acceptors (Lipinski definition) is 2. The second kappa shape index (κ2) is 6.33. The summed E-state index contributed by atoms with van der Waals surface area (Å²) in [5, 5.41) is 2.34. The van der Waals surface area contributed by atoms with E-state index in [0.717, 1.165) is 33.4 Å². The van der Waals surface area contributed by atoms with Crippen LogP contribution in [0.2, 0.25) is 0 Å². The van der Waals surface area contributed by atoms with E-state index in [1.807, 2.05) is 13.0 Å². The third-order valence-corrected chi connectivity index (χ3v) is 4.98. The fraction of sp³-hybridized carbons (Fsp3) is 0.0400. The number of aryl methyl sites for hydroxylation is 1. The predicted octanol–water partition coefficient (Wildman–Crippen LogP) is 6.43.